The number of aliphatic imine (C=N–C) groups is 1. The van der Waals surface area contributed by atoms with E-state index in [0.717, 1.165) is 0 Å². The molecule has 148 valence electrons. The third-order valence-electron chi connectivity index (χ3n) is 7.53. The van der Waals surface area contributed by atoms with Gasteiger partial charge in [0.15, 0.2) is 17.8 Å². The molecule has 2 unspecified atom stereocenters. The molecular formula is C18H23ClN8O. The minimum atomic E-state index is -0.849. The lowest BCUT2D eigenvalue weighted by Gasteiger charge is -2.49. The van der Waals surface area contributed by atoms with Crippen LogP contribution < -0.4 is 27.8 Å². The number of fused-ring (bicyclic) bond motifs is 4. The minimum Gasteiger partial charge on any atom is -0.386 e. The molecule has 1 aliphatic carbocycles. The first-order valence-electron chi connectivity index (χ1n) is 9.61. The van der Waals surface area contributed by atoms with E-state index in [4.69, 9.17) is 33.8 Å². The molecule has 0 bridgehead atoms. The van der Waals surface area contributed by atoms with E-state index in [-0.39, 0.29) is 35.2 Å². The summed E-state index contributed by atoms with van der Waals surface area (Å²) in [5, 5.41) is 6.36. The summed E-state index contributed by atoms with van der Waals surface area (Å²) in [6.45, 7) is 1.62. The van der Waals surface area contributed by atoms with E-state index in [0.29, 0.717) is 37.1 Å². The van der Waals surface area contributed by atoms with Crippen molar-refractivity contribution in [3.05, 3.63) is 35.9 Å². The molecule has 5 aliphatic rings. The number of nitrogens with zero attached hydrogens (tertiary/aromatic N) is 3. The van der Waals surface area contributed by atoms with Crippen molar-refractivity contribution in [2.24, 2.45) is 45.4 Å². The molecule has 7 atom stereocenters. The molecule has 0 radical (unpaired) electrons. The van der Waals surface area contributed by atoms with E-state index in [1.165, 1.54) is 0 Å². The molecule has 8 N–H and O–H groups in total. The molecule has 2 spiro atoms. The van der Waals surface area contributed by atoms with E-state index in [9.17, 15) is 4.79 Å². The summed E-state index contributed by atoms with van der Waals surface area (Å²) in [5.74, 6) is 1.04. The zero-order valence-electron chi connectivity index (χ0n) is 15.2. The second kappa shape index (κ2) is 4.96. The third-order valence-corrected chi connectivity index (χ3v) is 8.26. The number of halogens is 1. The van der Waals surface area contributed by atoms with Crippen LogP contribution in [0.2, 0.25) is 0 Å². The SMILES string of the molecule is NC[C@H]1[C@H]2CN3C(=O)c4cccn4C4NC(N)=NC43[C@H]2[C@@]2(C=C(N)NC2)[C@H]1Cl. The van der Waals surface area contributed by atoms with Gasteiger partial charge in [-0.3, -0.25) is 4.79 Å². The van der Waals surface area contributed by atoms with Crippen LogP contribution in [-0.2, 0) is 0 Å². The lowest BCUT2D eigenvalue weighted by atomic mass is 9.69. The van der Waals surface area contributed by atoms with Crippen LogP contribution in [0.3, 0.4) is 0 Å². The third kappa shape index (κ3) is 1.57. The number of alkyl halides is 1. The maximum Gasteiger partial charge on any atom is 0.272 e. The maximum absolute atomic E-state index is 13.4. The topological polar surface area (TPSA) is 140 Å². The normalized spacial score (nSPS) is 45.1. The van der Waals surface area contributed by atoms with Gasteiger partial charge in [0.05, 0.1) is 5.82 Å². The molecule has 1 amide bonds. The standard InChI is InChI=1S/C18H23ClN8O/c19-13-8(5-20)9-6-27-14(28)10-2-1-3-26(10)15-18(27,25-16(22)24-15)12(9)17(13)4-11(21)23-7-17/h1-4,8-9,12-13,15,23H,5-7,20-21H2,(H3,22,24,25)/t8-,9+,12+,13-,15?,17-,18?/m0/s1. The zero-order valence-corrected chi connectivity index (χ0v) is 15.9. The van der Waals surface area contributed by atoms with Gasteiger partial charge in [0.2, 0.25) is 0 Å². The highest BCUT2D eigenvalue weighted by Crippen LogP contribution is 2.66. The summed E-state index contributed by atoms with van der Waals surface area (Å²) >= 11 is 7.05. The highest BCUT2D eigenvalue weighted by Gasteiger charge is 2.76. The average molecular weight is 403 g/mol. The lowest BCUT2D eigenvalue weighted by molar-refractivity contribution is 0.00511. The number of nitrogens with two attached hydrogens (primary N) is 3. The highest BCUT2D eigenvalue weighted by molar-refractivity contribution is 6.22. The van der Waals surface area contributed by atoms with E-state index >= 15 is 0 Å². The summed E-state index contributed by atoms with van der Waals surface area (Å²) in [7, 11) is 0. The number of hydrogen-bond acceptors (Lipinski definition) is 7. The fourth-order valence-corrected chi connectivity index (χ4v) is 7.23. The molecule has 0 aromatic carbocycles. The summed E-state index contributed by atoms with van der Waals surface area (Å²) in [5.41, 5.74) is 17.8. The summed E-state index contributed by atoms with van der Waals surface area (Å²) in [6, 6.07) is 3.72. The first-order chi connectivity index (χ1) is 13.4. The van der Waals surface area contributed by atoms with Gasteiger partial charge in [-0.15, -0.1) is 11.6 Å². The van der Waals surface area contributed by atoms with Gasteiger partial charge >= 0.3 is 0 Å². The van der Waals surface area contributed by atoms with E-state index < -0.39 is 11.1 Å². The molecule has 1 aromatic heterocycles. The van der Waals surface area contributed by atoms with Crippen LogP contribution >= 0.6 is 11.6 Å². The molecule has 1 saturated heterocycles. The van der Waals surface area contributed by atoms with Crippen molar-refractivity contribution >= 4 is 23.5 Å². The Morgan fingerprint density at radius 3 is 2.93 bits per heavy atom. The van der Waals surface area contributed by atoms with Gasteiger partial charge in [-0.25, -0.2) is 4.99 Å². The molecule has 1 saturated carbocycles. The number of guanidine groups is 1. The maximum atomic E-state index is 13.4. The second-order valence-electron chi connectivity index (χ2n) is 8.55. The van der Waals surface area contributed by atoms with Crippen LogP contribution in [0, 0.1) is 23.2 Å². The number of carbonyl (C=O) groups is 1. The van der Waals surface area contributed by atoms with E-state index in [1.54, 1.807) is 0 Å². The van der Waals surface area contributed by atoms with Crippen LogP contribution in [0.1, 0.15) is 16.7 Å². The van der Waals surface area contributed by atoms with Gasteiger partial charge in [-0.1, -0.05) is 0 Å². The van der Waals surface area contributed by atoms with Gasteiger partial charge in [0.25, 0.3) is 5.91 Å². The second-order valence-corrected chi connectivity index (χ2v) is 9.02. The smallest absolute Gasteiger partial charge is 0.272 e. The average Bonchev–Trinajstić information content (AvgIpc) is 3.42. The number of amides is 1. The van der Waals surface area contributed by atoms with Crippen molar-refractivity contribution in [3.8, 4) is 0 Å². The number of carbonyl (C=O) groups excluding carboxylic acids is 1. The van der Waals surface area contributed by atoms with Gasteiger partial charge in [-0.2, -0.15) is 0 Å². The van der Waals surface area contributed by atoms with Crippen molar-refractivity contribution in [1.29, 1.82) is 0 Å². The van der Waals surface area contributed by atoms with Crippen LogP contribution in [0.4, 0.5) is 0 Å². The molecule has 5 heterocycles. The summed E-state index contributed by atoms with van der Waals surface area (Å²) < 4.78 is 1.95. The Kier molecular flexibility index (Phi) is 2.93. The van der Waals surface area contributed by atoms with E-state index in [2.05, 4.69) is 10.6 Å². The van der Waals surface area contributed by atoms with Crippen molar-refractivity contribution in [3.63, 3.8) is 0 Å². The van der Waals surface area contributed by atoms with Crippen LogP contribution in [0.25, 0.3) is 0 Å². The van der Waals surface area contributed by atoms with Gasteiger partial charge in [0.1, 0.15) is 5.69 Å². The minimum absolute atomic E-state index is 0.0316. The highest BCUT2D eigenvalue weighted by atomic mass is 35.5. The quantitative estimate of drug-likeness (QED) is 0.377. The zero-order chi connectivity index (χ0) is 19.4. The molecule has 2 fully saturated rings. The molecule has 6 rings (SSSR count). The number of hydrogen-bond donors (Lipinski definition) is 5. The molecule has 4 aliphatic heterocycles. The number of nitrogens with one attached hydrogen (secondary N) is 2. The predicted molar refractivity (Wildman–Crippen MR) is 104 cm³/mol. The van der Waals surface area contributed by atoms with Crippen molar-refractivity contribution in [2.45, 2.75) is 17.2 Å². The molecule has 10 heteroatoms. The molecule has 9 nitrogen and oxygen atoms in total. The van der Waals surface area contributed by atoms with Crippen molar-refractivity contribution < 1.29 is 4.79 Å². The lowest BCUT2D eigenvalue weighted by Crippen LogP contribution is -2.62. The first kappa shape index (κ1) is 16.6. The van der Waals surface area contributed by atoms with Crippen LogP contribution in [0.5, 0.6) is 0 Å². The fraction of sp³-hybridized carbons (Fsp3) is 0.556. The van der Waals surface area contributed by atoms with Gasteiger partial charge in [-0.05, 0) is 36.6 Å². The Balaban J connectivity index is 1.62. The van der Waals surface area contributed by atoms with Gasteiger partial charge < -0.3 is 37.3 Å². The Morgan fingerprint density at radius 2 is 2.21 bits per heavy atom. The van der Waals surface area contributed by atoms with Crippen LogP contribution in [-0.4, -0.2) is 52.0 Å². The van der Waals surface area contributed by atoms with Gasteiger partial charge in [0, 0.05) is 36.0 Å². The van der Waals surface area contributed by atoms with Crippen molar-refractivity contribution in [1.82, 2.24) is 20.1 Å². The number of rotatable bonds is 1. The molecule has 1 aromatic rings. The van der Waals surface area contributed by atoms with E-state index in [1.807, 2.05) is 33.9 Å². The first-order valence-corrected chi connectivity index (χ1v) is 10.0. The van der Waals surface area contributed by atoms with Crippen molar-refractivity contribution in [2.75, 3.05) is 19.6 Å². The summed E-state index contributed by atoms with van der Waals surface area (Å²) in [4.78, 5) is 20.2. The molecular weight excluding hydrogens is 380 g/mol. The Morgan fingerprint density at radius 1 is 1.39 bits per heavy atom. The monoisotopic (exact) mass is 402 g/mol. The van der Waals surface area contributed by atoms with Crippen LogP contribution in [0.15, 0.2) is 35.2 Å². The summed E-state index contributed by atoms with van der Waals surface area (Å²) in [6.07, 6.45) is 3.66. The molecule has 28 heavy (non-hydrogen) atoms. The predicted octanol–water partition coefficient (Wildman–Crippen LogP) is -1.11. The number of aromatic nitrogens is 1. The largest absolute Gasteiger partial charge is 0.386 e. The Bertz CT molecular complexity index is 957. The fourth-order valence-electron chi connectivity index (χ4n) is 6.67. The Hall–Kier alpha value is -2.39. The Labute approximate surface area is 166 Å².